The summed E-state index contributed by atoms with van der Waals surface area (Å²) in [6, 6.07) is -3.28. The summed E-state index contributed by atoms with van der Waals surface area (Å²) >= 11 is 0. The molecule has 1 aromatic rings. The third kappa shape index (κ3) is 9.99. The first kappa shape index (κ1) is 27.4. The molecule has 14 nitrogen and oxygen atoms in total. The van der Waals surface area contributed by atoms with Crippen LogP contribution in [0, 0.1) is 5.92 Å². The van der Waals surface area contributed by atoms with Gasteiger partial charge in [0.15, 0.2) is 5.96 Å². The van der Waals surface area contributed by atoms with Crippen LogP contribution >= 0.6 is 0 Å². The third-order valence-electron chi connectivity index (χ3n) is 4.62. The Bertz CT molecular complexity index is 822. The van der Waals surface area contributed by atoms with E-state index >= 15 is 0 Å². The minimum Gasteiger partial charge on any atom is -0.480 e. The lowest BCUT2D eigenvalue weighted by atomic mass is 10.0. The quantitative estimate of drug-likeness (QED) is 0.0796. The Hall–Kier alpha value is -3.68. The molecule has 1 rings (SSSR count). The summed E-state index contributed by atoms with van der Waals surface area (Å²) in [5.74, 6) is -3.57. The fourth-order valence-electron chi connectivity index (χ4n) is 2.89. The molecule has 3 atom stereocenters. The molecule has 0 spiro atoms. The van der Waals surface area contributed by atoms with Crippen LogP contribution in [0.2, 0.25) is 0 Å². The topological polar surface area (TPSA) is 244 Å². The number of H-pyrrole nitrogens is 1. The van der Waals surface area contributed by atoms with E-state index in [2.05, 4.69) is 30.9 Å². The Balaban J connectivity index is 3.00. The molecule has 3 unspecified atom stereocenters. The monoisotopic (exact) mass is 467 g/mol. The van der Waals surface area contributed by atoms with Crippen molar-refractivity contribution in [1.82, 2.24) is 25.9 Å². The number of aromatic amines is 1. The van der Waals surface area contributed by atoms with Crippen molar-refractivity contribution in [3.8, 4) is 0 Å². The van der Waals surface area contributed by atoms with Gasteiger partial charge < -0.3 is 43.2 Å². The highest BCUT2D eigenvalue weighted by Gasteiger charge is 2.31. The smallest absolute Gasteiger partial charge is 0.326 e. The predicted octanol–water partition coefficient (Wildman–Crippen LogP) is -2.84. The average Bonchev–Trinajstić information content (AvgIpc) is 3.25. The standard InChI is InChI=1S/C19H33N9O5/c1-10(2)15(18(32)33)28-17(31)13(6-11-8-23-9-25-11)27-16(30)12(26-14(29)7-20)4-3-5-24-19(21)22/h8-10,12-13,15H,3-7,20H2,1-2H3,(H,23,25)(H,26,29)(H,27,30)(H,28,31)(H,32,33)(H4,21,22,24). The number of amides is 3. The van der Waals surface area contributed by atoms with Gasteiger partial charge in [0.2, 0.25) is 17.7 Å². The van der Waals surface area contributed by atoms with Crippen LogP contribution in [0.5, 0.6) is 0 Å². The second-order valence-corrected chi connectivity index (χ2v) is 7.68. The lowest BCUT2D eigenvalue weighted by Gasteiger charge is -2.25. The van der Waals surface area contributed by atoms with Crippen LogP contribution in [0.15, 0.2) is 17.5 Å². The van der Waals surface area contributed by atoms with Gasteiger partial charge >= 0.3 is 5.97 Å². The fraction of sp³-hybridized carbons (Fsp3) is 0.579. The average molecular weight is 468 g/mol. The molecule has 0 aliphatic heterocycles. The van der Waals surface area contributed by atoms with Gasteiger partial charge in [0.25, 0.3) is 0 Å². The maximum absolute atomic E-state index is 12.9. The van der Waals surface area contributed by atoms with Crippen LogP contribution in [0.25, 0.3) is 0 Å². The van der Waals surface area contributed by atoms with E-state index in [4.69, 9.17) is 17.2 Å². The SMILES string of the molecule is CC(C)C(NC(=O)C(Cc1cnc[nH]1)NC(=O)C(CCCN=C(N)N)NC(=O)CN)C(=O)O. The number of imidazole rings is 1. The molecular formula is C19H33N9O5. The van der Waals surface area contributed by atoms with Crippen LogP contribution in [0.3, 0.4) is 0 Å². The number of hydrogen-bond donors (Lipinski definition) is 8. The molecule has 0 aliphatic rings. The maximum atomic E-state index is 12.9. The van der Waals surface area contributed by atoms with E-state index in [-0.39, 0.29) is 37.8 Å². The van der Waals surface area contributed by atoms with Crippen molar-refractivity contribution in [3.63, 3.8) is 0 Å². The largest absolute Gasteiger partial charge is 0.480 e. The number of aliphatic imine (C=N–C) groups is 1. The summed E-state index contributed by atoms with van der Waals surface area (Å²) < 4.78 is 0. The van der Waals surface area contributed by atoms with Crippen molar-refractivity contribution in [3.05, 3.63) is 18.2 Å². The molecular weight excluding hydrogens is 434 g/mol. The highest BCUT2D eigenvalue weighted by Crippen LogP contribution is 2.06. The number of nitrogens with zero attached hydrogens (tertiary/aromatic N) is 2. The van der Waals surface area contributed by atoms with E-state index < -0.39 is 41.8 Å². The van der Waals surface area contributed by atoms with Gasteiger partial charge in [-0.1, -0.05) is 13.8 Å². The first-order valence-corrected chi connectivity index (χ1v) is 10.4. The Kier molecular flexibility index (Phi) is 11.3. The molecule has 0 fully saturated rings. The zero-order valence-corrected chi connectivity index (χ0v) is 18.7. The molecule has 0 aromatic carbocycles. The highest BCUT2D eigenvalue weighted by molar-refractivity contribution is 5.93. The molecule has 33 heavy (non-hydrogen) atoms. The Labute approximate surface area is 191 Å². The minimum atomic E-state index is -1.20. The molecule has 0 bridgehead atoms. The van der Waals surface area contributed by atoms with E-state index in [1.165, 1.54) is 12.5 Å². The van der Waals surface area contributed by atoms with Crippen molar-refractivity contribution in [2.45, 2.75) is 51.2 Å². The number of aromatic nitrogens is 2. The fourth-order valence-corrected chi connectivity index (χ4v) is 2.89. The number of nitrogens with two attached hydrogens (primary N) is 3. The number of aliphatic carboxylic acids is 1. The molecule has 0 saturated carbocycles. The van der Waals surface area contributed by atoms with E-state index in [1.54, 1.807) is 13.8 Å². The summed E-state index contributed by atoms with van der Waals surface area (Å²) in [4.78, 5) is 59.7. The van der Waals surface area contributed by atoms with Crippen LogP contribution in [-0.2, 0) is 25.6 Å². The lowest BCUT2D eigenvalue weighted by molar-refractivity contribution is -0.143. The third-order valence-corrected chi connectivity index (χ3v) is 4.62. The molecule has 1 aromatic heterocycles. The van der Waals surface area contributed by atoms with Crippen molar-refractivity contribution >= 4 is 29.7 Å². The van der Waals surface area contributed by atoms with Gasteiger partial charge in [0.05, 0.1) is 12.9 Å². The lowest BCUT2D eigenvalue weighted by Crippen LogP contribution is -2.57. The summed E-state index contributed by atoms with van der Waals surface area (Å²) in [6.45, 7) is 3.20. The zero-order chi connectivity index (χ0) is 25.0. The van der Waals surface area contributed by atoms with E-state index in [9.17, 15) is 24.3 Å². The summed E-state index contributed by atoms with van der Waals surface area (Å²) in [5.41, 5.74) is 16.5. The molecule has 1 heterocycles. The maximum Gasteiger partial charge on any atom is 0.326 e. The summed E-state index contributed by atoms with van der Waals surface area (Å²) in [6.07, 6.45) is 3.46. The first-order chi connectivity index (χ1) is 15.5. The van der Waals surface area contributed by atoms with Gasteiger partial charge in [0.1, 0.15) is 18.1 Å². The van der Waals surface area contributed by atoms with Crippen molar-refractivity contribution < 1.29 is 24.3 Å². The number of guanidine groups is 1. The Morgan fingerprint density at radius 2 is 1.79 bits per heavy atom. The Morgan fingerprint density at radius 3 is 2.30 bits per heavy atom. The van der Waals surface area contributed by atoms with Crippen molar-refractivity contribution in [2.24, 2.45) is 28.1 Å². The van der Waals surface area contributed by atoms with E-state index in [0.717, 1.165) is 0 Å². The number of carbonyl (C=O) groups excluding carboxylic acids is 3. The normalized spacial score (nSPS) is 13.5. The molecule has 14 heteroatoms. The van der Waals surface area contributed by atoms with Gasteiger partial charge in [-0.05, 0) is 18.8 Å². The van der Waals surface area contributed by atoms with Crippen molar-refractivity contribution in [2.75, 3.05) is 13.1 Å². The first-order valence-electron chi connectivity index (χ1n) is 10.4. The van der Waals surface area contributed by atoms with Gasteiger partial charge in [-0.2, -0.15) is 0 Å². The van der Waals surface area contributed by atoms with Gasteiger partial charge in [-0.3, -0.25) is 19.4 Å². The van der Waals surface area contributed by atoms with Crippen LogP contribution < -0.4 is 33.2 Å². The van der Waals surface area contributed by atoms with E-state index in [1.807, 2.05) is 0 Å². The molecule has 11 N–H and O–H groups in total. The van der Waals surface area contributed by atoms with Crippen molar-refractivity contribution in [1.29, 1.82) is 0 Å². The van der Waals surface area contributed by atoms with Crippen LogP contribution in [-0.4, -0.2) is 75.9 Å². The number of carboxylic acid groups (broad SMARTS) is 1. The summed E-state index contributed by atoms with van der Waals surface area (Å²) in [5, 5.41) is 16.9. The highest BCUT2D eigenvalue weighted by atomic mass is 16.4. The van der Waals surface area contributed by atoms with E-state index in [0.29, 0.717) is 12.1 Å². The minimum absolute atomic E-state index is 0.0214. The van der Waals surface area contributed by atoms with Gasteiger partial charge in [0, 0.05) is 24.9 Å². The number of hydrogen-bond acceptors (Lipinski definition) is 7. The molecule has 3 amide bonds. The summed E-state index contributed by atoms with van der Waals surface area (Å²) in [7, 11) is 0. The molecule has 0 aliphatic carbocycles. The number of carbonyl (C=O) groups is 4. The van der Waals surface area contributed by atoms with Gasteiger partial charge in [-0.15, -0.1) is 0 Å². The zero-order valence-electron chi connectivity index (χ0n) is 18.7. The molecule has 0 radical (unpaired) electrons. The van der Waals surface area contributed by atoms with Crippen LogP contribution in [0.1, 0.15) is 32.4 Å². The molecule has 0 saturated heterocycles. The second kappa shape index (κ2) is 13.7. The predicted molar refractivity (Wildman–Crippen MR) is 120 cm³/mol. The van der Waals surface area contributed by atoms with Gasteiger partial charge in [-0.25, -0.2) is 9.78 Å². The second-order valence-electron chi connectivity index (χ2n) is 7.68. The number of nitrogens with one attached hydrogen (secondary N) is 4. The number of carboxylic acids is 1. The Morgan fingerprint density at radius 1 is 1.12 bits per heavy atom. The van der Waals surface area contributed by atoms with Crippen LogP contribution in [0.4, 0.5) is 0 Å². The molecule has 184 valence electrons. The number of rotatable bonds is 14.